The highest BCUT2D eigenvalue weighted by atomic mass is 16.5. The molecule has 4 aliphatic carbocycles. The summed E-state index contributed by atoms with van der Waals surface area (Å²) >= 11 is 0. The fourth-order valence-electron chi connectivity index (χ4n) is 11.1. The minimum Gasteiger partial charge on any atom is -0.493 e. The molecule has 2 saturated heterocycles. The summed E-state index contributed by atoms with van der Waals surface area (Å²) in [5.74, 6) is 5.20. The average molecular weight is 561 g/mol. The Labute approximate surface area is 251 Å². The molecule has 0 aromatic heterocycles. The molecule has 6 unspecified atom stereocenters. The Morgan fingerprint density at radius 3 is 2.40 bits per heavy atom. The summed E-state index contributed by atoms with van der Waals surface area (Å²) in [6.07, 6.45) is 10.7. The number of nitrogens with zero attached hydrogens (tertiary/aromatic N) is 2. The summed E-state index contributed by atoms with van der Waals surface area (Å²) < 4.78 is 13.1. The van der Waals surface area contributed by atoms with E-state index in [1.165, 1.54) is 81.3 Å². The lowest BCUT2D eigenvalue weighted by atomic mass is 9.35. The van der Waals surface area contributed by atoms with E-state index in [0.29, 0.717) is 23.4 Å². The van der Waals surface area contributed by atoms with Crippen LogP contribution in [0.5, 0.6) is 17.2 Å². The van der Waals surface area contributed by atoms with Gasteiger partial charge in [-0.15, -0.1) is 0 Å². The summed E-state index contributed by atoms with van der Waals surface area (Å²) in [4.78, 5) is 5.88. The molecule has 4 bridgehead atoms. The summed E-state index contributed by atoms with van der Waals surface area (Å²) in [6.45, 7) is 4.88. The molecule has 5 fully saturated rings. The van der Waals surface area contributed by atoms with Crippen molar-refractivity contribution in [3.8, 4) is 17.2 Å². The molecule has 3 aromatic carbocycles. The zero-order valence-corrected chi connectivity index (χ0v) is 25.0. The summed E-state index contributed by atoms with van der Waals surface area (Å²) in [5, 5.41) is 0. The maximum Gasteiger partial charge on any atom is 0.173 e. The first kappa shape index (κ1) is 25.7. The van der Waals surface area contributed by atoms with Gasteiger partial charge in [0.2, 0.25) is 0 Å². The summed E-state index contributed by atoms with van der Waals surface area (Å²) in [6, 6.07) is 27.6. The van der Waals surface area contributed by atoms with Crippen LogP contribution in [0.25, 0.3) is 0 Å². The normalized spacial score (nSPS) is 34.9. The van der Waals surface area contributed by atoms with Crippen LogP contribution in [-0.4, -0.2) is 48.6 Å². The van der Waals surface area contributed by atoms with E-state index in [1.807, 2.05) is 7.11 Å². The van der Waals surface area contributed by atoms with E-state index >= 15 is 0 Å². The van der Waals surface area contributed by atoms with Crippen molar-refractivity contribution in [3.05, 3.63) is 89.5 Å². The lowest BCUT2D eigenvalue weighted by Gasteiger charge is -2.72. The molecule has 3 saturated carbocycles. The number of likely N-dealkylation sites (tertiary alicyclic amines) is 2. The van der Waals surface area contributed by atoms with Gasteiger partial charge in [-0.2, -0.15) is 0 Å². The number of hydrogen-bond donors (Lipinski definition) is 0. The van der Waals surface area contributed by atoms with Crippen LogP contribution in [0.1, 0.15) is 61.6 Å². The summed E-state index contributed by atoms with van der Waals surface area (Å²) in [5.41, 5.74) is 5.00. The number of rotatable bonds is 7. The quantitative estimate of drug-likeness (QED) is 0.300. The smallest absolute Gasteiger partial charge is 0.173 e. The molecule has 6 atom stereocenters. The number of para-hydroxylation sites is 1. The molecule has 0 spiro atoms. The van der Waals surface area contributed by atoms with Gasteiger partial charge in [-0.25, -0.2) is 0 Å². The van der Waals surface area contributed by atoms with E-state index in [-0.39, 0.29) is 5.41 Å². The molecule has 2 heterocycles. The minimum absolute atomic E-state index is 0.140. The fraction of sp³-hybridized carbons (Fsp3) is 0.526. The van der Waals surface area contributed by atoms with Gasteiger partial charge in [0.05, 0.1) is 7.11 Å². The van der Waals surface area contributed by atoms with Gasteiger partial charge in [0, 0.05) is 42.7 Å². The van der Waals surface area contributed by atoms with Crippen LogP contribution in [0.3, 0.4) is 0 Å². The van der Waals surface area contributed by atoms with Crippen molar-refractivity contribution >= 4 is 0 Å². The van der Waals surface area contributed by atoms with Gasteiger partial charge in [0.15, 0.2) is 11.5 Å². The number of methoxy groups -OCH3 is 1. The van der Waals surface area contributed by atoms with E-state index < -0.39 is 0 Å². The van der Waals surface area contributed by atoms with Crippen LogP contribution in [0.2, 0.25) is 0 Å². The first-order valence-electron chi connectivity index (χ1n) is 16.7. The highest BCUT2D eigenvalue weighted by molar-refractivity contribution is 5.60. The van der Waals surface area contributed by atoms with E-state index in [1.54, 1.807) is 0 Å². The largest absolute Gasteiger partial charge is 0.493 e. The Balaban J connectivity index is 1.22. The van der Waals surface area contributed by atoms with Gasteiger partial charge in [0.1, 0.15) is 5.75 Å². The molecule has 9 rings (SSSR count). The second-order valence-electron chi connectivity index (χ2n) is 14.4. The third kappa shape index (κ3) is 3.61. The van der Waals surface area contributed by atoms with Crippen molar-refractivity contribution in [2.45, 2.75) is 75.4 Å². The molecular weight excluding hydrogens is 516 g/mol. The number of hydrogen-bond acceptors (Lipinski definition) is 4. The van der Waals surface area contributed by atoms with Crippen LogP contribution in [0.15, 0.2) is 72.8 Å². The van der Waals surface area contributed by atoms with Gasteiger partial charge >= 0.3 is 0 Å². The Hall–Kier alpha value is -2.82. The monoisotopic (exact) mass is 560 g/mol. The predicted octanol–water partition coefficient (Wildman–Crippen LogP) is 7.46. The van der Waals surface area contributed by atoms with Crippen LogP contribution in [-0.2, 0) is 18.4 Å². The van der Waals surface area contributed by atoms with Crippen LogP contribution >= 0.6 is 0 Å². The average Bonchev–Trinajstić information content (AvgIpc) is 3.76. The van der Waals surface area contributed by atoms with Crippen LogP contribution in [0, 0.1) is 23.2 Å². The molecule has 218 valence electrons. The van der Waals surface area contributed by atoms with Gasteiger partial charge in [-0.3, -0.25) is 9.80 Å². The molecule has 6 aliphatic rings. The lowest BCUT2D eigenvalue weighted by Crippen LogP contribution is -2.74. The Morgan fingerprint density at radius 2 is 1.62 bits per heavy atom. The Bertz CT molecular complexity index is 1470. The van der Waals surface area contributed by atoms with Crippen molar-refractivity contribution in [2.75, 3.05) is 26.7 Å². The number of ether oxygens (including phenoxy) is 2. The third-order valence-electron chi connectivity index (χ3n) is 12.7. The maximum absolute atomic E-state index is 6.96. The fourth-order valence-corrected chi connectivity index (χ4v) is 11.1. The van der Waals surface area contributed by atoms with E-state index in [0.717, 1.165) is 42.0 Å². The van der Waals surface area contributed by atoms with Crippen molar-refractivity contribution in [3.63, 3.8) is 0 Å². The second-order valence-corrected chi connectivity index (χ2v) is 14.4. The first-order chi connectivity index (χ1) is 20.7. The molecule has 3 aromatic rings. The second kappa shape index (κ2) is 9.59. The van der Waals surface area contributed by atoms with E-state index in [9.17, 15) is 0 Å². The standard InChI is InChI=1S/C38H44N2O2/c1-41-32-15-14-28-22-33-37-18-16-29-25-40(24-26-8-4-2-5-9-26)31(17-19-37)34(29)38(37,20-21-39(33)23-27-12-13-27)35(28)36(32)42-30-10-6-3-7-11-30/h2-11,14-15,27,29,31,33-34H,12-13,16-25H2,1H3. The van der Waals surface area contributed by atoms with Crippen molar-refractivity contribution < 1.29 is 9.47 Å². The SMILES string of the molecule is COc1ccc2c(c1Oc1ccccc1)C13CCN(CC4CC4)C(C2)C12CCC1CN(Cc4ccccc4)C(CC2)C13. The molecule has 0 radical (unpaired) electrons. The molecule has 0 N–H and O–H groups in total. The molecule has 4 nitrogen and oxygen atoms in total. The molecular formula is C38H44N2O2. The highest BCUT2D eigenvalue weighted by Gasteiger charge is 2.73. The topological polar surface area (TPSA) is 24.9 Å². The van der Waals surface area contributed by atoms with Gasteiger partial charge in [-0.05, 0) is 110 Å². The van der Waals surface area contributed by atoms with E-state index in [4.69, 9.17) is 9.47 Å². The Morgan fingerprint density at radius 1 is 0.833 bits per heavy atom. The lowest BCUT2D eigenvalue weighted by molar-refractivity contribution is -0.165. The van der Waals surface area contributed by atoms with Crippen LogP contribution in [0.4, 0.5) is 0 Å². The molecule has 42 heavy (non-hydrogen) atoms. The Kier molecular flexibility index (Phi) is 5.86. The highest BCUT2D eigenvalue weighted by Crippen LogP contribution is 2.74. The number of piperidine rings is 1. The van der Waals surface area contributed by atoms with Gasteiger partial charge < -0.3 is 9.47 Å². The predicted molar refractivity (Wildman–Crippen MR) is 166 cm³/mol. The minimum atomic E-state index is 0.140. The summed E-state index contributed by atoms with van der Waals surface area (Å²) in [7, 11) is 1.82. The van der Waals surface area contributed by atoms with E-state index in [2.05, 4.69) is 82.6 Å². The first-order valence-corrected chi connectivity index (χ1v) is 16.7. The van der Waals surface area contributed by atoms with Crippen molar-refractivity contribution in [1.29, 1.82) is 0 Å². The number of fused-ring (bicyclic) bond motifs is 1. The van der Waals surface area contributed by atoms with Gasteiger partial charge in [-0.1, -0.05) is 54.6 Å². The van der Waals surface area contributed by atoms with Crippen molar-refractivity contribution in [1.82, 2.24) is 9.80 Å². The molecule has 0 amide bonds. The maximum atomic E-state index is 6.96. The molecule has 4 heteroatoms. The zero-order valence-electron chi connectivity index (χ0n) is 25.0. The van der Waals surface area contributed by atoms with Crippen LogP contribution < -0.4 is 9.47 Å². The van der Waals surface area contributed by atoms with Gasteiger partial charge in [0.25, 0.3) is 0 Å². The van der Waals surface area contributed by atoms with Crippen molar-refractivity contribution in [2.24, 2.45) is 23.2 Å². The zero-order chi connectivity index (χ0) is 27.9. The number of benzene rings is 3. The third-order valence-corrected chi connectivity index (χ3v) is 12.7. The molecule has 2 aliphatic heterocycles.